The standard InChI is InChI=1S/C14H16O4/c15-14(10-4-3-7-16-8-10)13-9-17-11-5-1-2-6-12(11)18-13/h1-2,5-6,8,13-15H,3-4,7,9H2. The van der Waals surface area contributed by atoms with Gasteiger partial charge in [-0.2, -0.15) is 0 Å². The Morgan fingerprint density at radius 1 is 1.22 bits per heavy atom. The number of aliphatic hydroxyl groups excluding tert-OH is 1. The van der Waals surface area contributed by atoms with Crippen LogP contribution in [0.4, 0.5) is 0 Å². The molecule has 0 saturated heterocycles. The smallest absolute Gasteiger partial charge is 0.162 e. The van der Waals surface area contributed by atoms with Crippen molar-refractivity contribution in [3.8, 4) is 11.5 Å². The van der Waals surface area contributed by atoms with Crippen molar-refractivity contribution >= 4 is 0 Å². The lowest BCUT2D eigenvalue weighted by Gasteiger charge is -2.31. The molecule has 1 N–H and O–H groups in total. The Kier molecular flexibility index (Phi) is 3.11. The highest BCUT2D eigenvalue weighted by molar-refractivity contribution is 5.41. The molecular weight excluding hydrogens is 232 g/mol. The minimum absolute atomic E-state index is 0.357. The van der Waals surface area contributed by atoms with E-state index in [-0.39, 0.29) is 6.10 Å². The van der Waals surface area contributed by atoms with Gasteiger partial charge >= 0.3 is 0 Å². The first-order valence-corrected chi connectivity index (χ1v) is 6.22. The van der Waals surface area contributed by atoms with Gasteiger partial charge in [-0.15, -0.1) is 0 Å². The van der Waals surface area contributed by atoms with Gasteiger partial charge in [-0.25, -0.2) is 0 Å². The summed E-state index contributed by atoms with van der Waals surface area (Å²) in [6.07, 6.45) is 2.40. The van der Waals surface area contributed by atoms with E-state index in [9.17, 15) is 5.11 Å². The van der Waals surface area contributed by atoms with E-state index in [0.717, 1.165) is 30.8 Å². The lowest BCUT2D eigenvalue weighted by molar-refractivity contribution is 0.00225. The van der Waals surface area contributed by atoms with Crippen LogP contribution in [0.25, 0.3) is 0 Å². The molecule has 2 aliphatic rings. The van der Waals surface area contributed by atoms with Crippen LogP contribution in [-0.2, 0) is 4.74 Å². The fourth-order valence-corrected chi connectivity index (χ4v) is 2.23. The highest BCUT2D eigenvalue weighted by Crippen LogP contribution is 2.33. The molecule has 96 valence electrons. The number of fused-ring (bicyclic) bond motifs is 1. The lowest BCUT2D eigenvalue weighted by atomic mass is 10.00. The van der Waals surface area contributed by atoms with Crippen LogP contribution in [0, 0.1) is 0 Å². The molecule has 0 saturated carbocycles. The number of benzene rings is 1. The van der Waals surface area contributed by atoms with Gasteiger partial charge < -0.3 is 19.3 Å². The third-order valence-electron chi connectivity index (χ3n) is 3.23. The molecule has 0 aliphatic carbocycles. The van der Waals surface area contributed by atoms with Crippen molar-refractivity contribution in [3.63, 3.8) is 0 Å². The van der Waals surface area contributed by atoms with E-state index in [4.69, 9.17) is 14.2 Å². The van der Waals surface area contributed by atoms with Gasteiger partial charge in [-0.05, 0) is 30.5 Å². The highest BCUT2D eigenvalue weighted by Gasteiger charge is 2.30. The number of para-hydroxylation sites is 2. The van der Waals surface area contributed by atoms with Gasteiger partial charge in [0.05, 0.1) is 12.9 Å². The molecule has 0 radical (unpaired) electrons. The maximum atomic E-state index is 10.3. The highest BCUT2D eigenvalue weighted by atomic mass is 16.6. The fourth-order valence-electron chi connectivity index (χ4n) is 2.23. The molecule has 4 nitrogen and oxygen atoms in total. The first kappa shape index (κ1) is 11.4. The molecule has 1 aromatic rings. The summed E-state index contributed by atoms with van der Waals surface area (Å²) in [6, 6.07) is 7.50. The number of ether oxygens (including phenoxy) is 3. The minimum Gasteiger partial charge on any atom is -0.501 e. The van der Waals surface area contributed by atoms with Gasteiger partial charge in [0.1, 0.15) is 12.7 Å². The quantitative estimate of drug-likeness (QED) is 0.868. The Balaban J connectivity index is 1.73. The van der Waals surface area contributed by atoms with Crippen molar-refractivity contribution in [1.29, 1.82) is 0 Å². The van der Waals surface area contributed by atoms with Crippen LogP contribution in [0.3, 0.4) is 0 Å². The normalized spacial score (nSPS) is 23.8. The predicted molar refractivity (Wildman–Crippen MR) is 65.6 cm³/mol. The minimum atomic E-state index is -0.668. The zero-order valence-electron chi connectivity index (χ0n) is 10.0. The van der Waals surface area contributed by atoms with Crippen LogP contribution < -0.4 is 9.47 Å². The van der Waals surface area contributed by atoms with Crippen LogP contribution in [0.1, 0.15) is 12.8 Å². The van der Waals surface area contributed by atoms with Crippen molar-refractivity contribution in [2.75, 3.05) is 13.2 Å². The van der Waals surface area contributed by atoms with E-state index in [2.05, 4.69) is 0 Å². The second kappa shape index (κ2) is 4.90. The van der Waals surface area contributed by atoms with Gasteiger partial charge in [-0.1, -0.05) is 12.1 Å². The van der Waals surface area contributed by atoms with Crippen molar-refractivity contribution in [2.24, 2.45) is 0 Å². The summed E-state index contributed by atoms with van der Waals surface area (Å²) in [5.41, 5.74) is 0.884. The van der Waals surface area contributed by atoms with Gasteiger partial charge in [0.2, 0.25) is 0 Å². The summed E-state index contributed by atoms with van der Waals surface area (Å²) < 4.78 is 16.6. The molecular formula is C14H16O4. The van der Waals surface area contributed by atoms with Gasteiger partial charge in [-0.3, -0.25) is 0 Å². The van der Waals surface area contributed by atoms with E-state index in [1.165, 1.54) is 0 Å². The molecule has 18 heavy (non-hydrogen) atoms. The first-order valence-electron chi connectivity index (χ1n) is 6.22. The maximum absolute atomic E-state index is 10.3. The zero-order chi connectivity index (χ0) is 12.4. The van der Waals surface area contributed by atoms with Crippen LogP contribution >= 0.6 is 0 Å². The largest absolute Gasteiger partial charge is 0.501 e. The molecule has 0 bridgehead atoms. The summed E-state index contributed by atoms with van der Waals surface area (Å²) in [6.45, 7) is 1.08. The molecule has 2 atom stereocenters. The third kappa shape index (κ3) is 2.16. The zero-order valence-corrected chi connectivity index (χ0v) is 10.0. The van der Waals surface area contributed by atoms with Gasteiger partial charge in [0, 0.05) is 0 Å². The molecule has 2 heterocycles. The van der Waals surface area contributed by atoms with Crippen molar-refractivity contribution in [2.45, 2.75) is 25.0 Å². The second-order valence-corrected chi connectivity index (χ2v) is 4.53. The van der Waals surface area contributed by atoms with E-state index >= 15 is 0 Å². The molecule has 0 spiro atoms. The van der Waals surface area contributed by atoms with E-state index in [1.54, 1.807) is 6.26 Å². The topological polar surface area (TPSA) is 47.9 Å². The number of hydrogen-bond acceptors (Lipinski definition) is 4. The average Bonchev–Trinajstić information content (AvgIpc) is 2.47. The maximum Gasteiger partial charge on any atom is 0.162 e. The summed E-state index contributed by atoms with van der Waals surface area (Å²) in [5, 5.41) is 10.3. The van der Waals surface area contributed by atoms with Crippen LogP contribution in [0.2, 0.25) is 0 Å². The van der Waals surface area contributed by atoms with Crippen molar-refractivity contribution in [3.05, 3.63) is 36.1 Å². The number of aliphatic hydroxyl groups is 1. The Labute approximate surface area is 106 Å². The molecule has 1 aromatic carbocycles. The predicted octanol–water partition coefficient (Wildman–Crippen LogP) is 1.88. The lowest BCUT2D eigenvalue weighted by Crippen LogP contribution is -2.41. The summed E-state index contributed by atoms with van der Waals surface area (Å²) in [5.74, 6) is 1.42. The third-order valence-corrected chi connectivity index (χ3v) is 3.23. The summed E-state index contributed by atoms with van der Waals surface area (Å²) in [4.78, 5) is 0. The van der Waals surface area contributed by atoms with E-state index in [0.29, 0.717) is 12.4 Å². The second-order valence-electron chi connectivity index (χ2n) is 4.53. The van der Waals surface area contributed by atoms with E-state index < -0.39 is 6.10 Å². The molecule has 2 unspecified atom stereocenters. The van der Waals surface area contributed by atoms with Crippen molar-refractivity contribution < 1.29 is 19.3 Å². The van der Waals surface area contributed by atoms with Gasteiger partial charge in [0.15, 0.2) is 17.6 Å². The fraction of sp³-hybridized carbons (Fsp3) is 0.429. The summed E-state index contributed by atoms with van der Waals surface area (Å²) in [7, 11) is 0. The monoisotopic (exact) mass is 248 g/mol. The molecule has 0 fully saturated rings. The number of rotatable bonds is 2. The summed E-state index contributed by atoms with van der Waals surface area (Å²) >= 11 is 0. The van der Waals surface area contributed by atoms with Crippen LogP contribution in [-0.4, -0.2) is 30.5 Å². The van der Waals surface area contributed by atoms with Crippen LogP contribution in [0.5, 0.6) is 11.5 Å². The van der Waals surface area contributed by atoms with Crippen molar-refractivity contribution in [1.82, 2.24) is 0 Å². The molecule has 2 aliphatic heterocycles. The Bertz CT molecular complexity index is 455. The van der Waals surface area contributed by atoms with Gasteiger partial charge in [0.25, 0.3) is 0 Å². The average molecular weight is 248 g/mol. The Hall–Kier alpha value is -1.68. The Morgan fingerprint density at radius 2 is 2.06 bits per heavy atom. The Morgan fingerprint density at radius 3 is 2.83 bits per heavy atom. The molecule has 4 heteroatoms. The van der Waals surface area contributed by atoms with Crippen LogP contribution in [0.15, 0.2) is 36.1 Å². The molecule has 0 amide bonds. The first-order chi connectivity index (χ1) is 8.84. The SMILES string of the molecule is OC(C1=COCCC1)C1COc2ccccc2O1. The van der Waals surface area contributed by atoms with E-state index in [1.807, 2.05) is 24.3 Å². The molecule has 3 rings (SSSR count). The number of hydrogen-bond donors (Lipinski definition) is 1. The molecule has 0 aromatic heterocycles.